The molecule has 3 heteroatoms. The molecule has 0 bridgehead atoms. The van der Waals surface area contributed by atoms with E-state index >= 15 is 0 Å². The maximum atomic E-state index is 6.47. The van der Waals surface area contributed by atoms with Crippen molar-refractivity contribution in [2.24, 2.45) is 5.73 Å². The molecule has 0 aliphatic heterocycles. The molecule has 2 rings (SSSR count). The third-order valence-electron chi connectivity index (χ3n) is 4.49. The van der Waals surface area contributed by atoms with Crippen molar-refractivity contribution in [1.29, 1.82) is 0 Å². The molecule has 0 radical (unpaired) electrons. The van der Waals surface area contributed by atoms with Gasteiger partial charge < -0.3 is 10.2 Å². The number of nitrogens with two attached hydrogens (primary N) is 1. The third-order valence-corrected chi connectivity index (χ3v) is 8.99. The summed E-state index contributed by atoms with van der Waals surface area (Å²) in [4.78, 5) is 0. The van der Waals surface area contributed by atoms with Gasteiger partial charge in [0.25, 0.3) is 0 Å². The molecule has 2 atom stereocenters. The van der Waals surface area contributed by atoms with Crippen LogP contribution in [0.5, 0.6) is 0 Å². The van der Waals surface area contributed by atoms with Gasteiger partial charge in [-0.25, -0.2) is 0 Å². The molecule has 100 valence electrons. The first-order valence-corrected chi connectivity index (χ1v) is 9.64. The van der Waals surface area contributed by atoms with Crippen LogP contribution < -0.4 is 5.73 Å². The lowest BCUT2D eigenvalue weighted by molar-refractivity contribution is 0.165. The van der Waals surface area contributed by atoms with Crippen molar-refractivity contribution in [3.05, 3.63) is 35.4 Å². The van der Waals surface area contributed by atoms with Gasteiger partial charge in [-0.3, -0.25) is 0 Å². The van der Waals surface area contributed by atoms with Crippen molar-refractivity contribution >= 4 is 8.32 Å². The van der Waals surface area contributed by atoms with E-state index in [0.29, 0.717) is 0 Å². The summed E-state index contributed by atoms with van der Waals surface area (Å²) in [5.41, 5.74) is 8.96. The lowest BCUT2D eigenvalue weighted by Gasteiger charge is -2.39. The van der Waals surface area contributed by atoms with Gasteiger partial charge >= 0.3 is 0 Å². The summed E-state index contributed by atoms with van der Waals surface area (Å²) in [6.45, 7) is 11.4. The highest BCUT2D eigenvalue weighted by molar-refractivity contribution is 6.74. The Morgan fingerprint density at radius 1 is 1.22 bits per heavy atom. The molecule has 0 saturated carbocycles. The van der Waals surface area contributed by atoms with E-state index in [9.17, 15) is 0 Å². The number of fused-ring (bicyclic) bond motifs is 1. The summed E-state index contributed by atoms with van der Waals surface area (Å²) in [6.07, 6.45) is 1.12. The fraction of sp³-hybridized carbons (Fsp3) is 0.600. The number of rotatable bonds is 2. The van der Waals surface area contributed by atoms with Gasteiger partial charge in [0.1, 0.15) is 0 Å². The molecule has 0 fully saturated rings. The first kappa shape index (κ1) is 13.8. The van der Waals surface area contributed by atoms with Gasteiger partial charge in [-0.15, -0.1) is 0 Å². The van der Waals surface area contributed by atoms with Crippen molar-refractivity contribution in [3.8, 4) is 0 Å². The van der Waals surface area contributed by atoms with Crippen LogP contribution in [0.2, 0.25) is 18.1 Å². The van der Waals surface area contributed by atoms with E-state index in [1.54, 1.807) is 0 Å². The first-order chi connectivity index (χ1) is 8.22. The van der Waals surface area contributed by atoms with Crippen LogP contribution in [-0.2, 0) is 10.8 Å². The molecule has 2 N–H and O–H groups in total. The van der Waals surface area contributed by atoms with Gasteiger partial charge in [0, 0.05) is 0 Å². The molecule has 1 aromatic carbocycles. The lowest BCUT2D eigenvalue weighted by Crippen LogP contribution is -2.45. The highest BCUT2D eigenvalue weighted by atomic mass is 28.4. The quantitative estimate of drug-likeness (QED) is 0.827. The number of benzene rings is 1. The van der Waals surface area contributed by atoms with E-state index in [1.165, 1.54) is 11.1 Å². The van der Waals surface area contributed by atoms with Crippen LogP contribution in [0.3, 0.4) is 0 Å². The maximum absolute atomic E-state index is 6.47. The Hall–Kier alpha value is -0.643. The van der Waals surface area contributed by atoms with Crippen molar-refractivity contribution in [2.45, 2.75) is 57.5 Å². The molecule has 18 heavy (non-hydrogen) atoms. The zero-order valence-electron chi connectivity index (χ0n) is 12.2. The smallest absolute Gasteiger partial charge is 0.192 e. The SMILES string of the molecule is CC(C)(C)[Si](C)(C)O[C@@H]1Cc2ccccc2[C@@H]1N. The average molecular weight is 263 g/mol. The van der Waals surface area contributed by atoms with Crippen LogP contribution in [0.4, 0.5) is 0 Å². The normalized spacial score (nSPS) is 24.1. The molecule has 0 spiro atoms. The van der Waals surface area contributed by atoms with Gasteiger partial charge in [0.05, 0.1) is 12.1 Å². The predicted octanol–water partition coefficient (Wildman–Crippen LogP) is 3.63. The molecule has 0 saturated heterocycles. The molecule has 1 aliphatic carbocycles. The summed E-state index contributed by atoms with van der Waals surface area (Å²) >= 11 is 0. The van der Waals surface area contributed by atoms with Crippen LogP contribution in [0.25, 0.3) is 0 Å². The van der Waals surface area contributed by atoms with Crippen LogP contribution in [0.15, 0.2) is 24.3 Å². The van der Waals surface area contributed by atoms with Gasteiger partial charge in [-0.1, -0.05) is 45.0 Å². The topological polar surface area (TPSA) is 35.2 Å². The predicted molar refractivity (Wildman–Crippen MR) is 79.1 cm³/mol. The fourth-order valence-electron chi connectivity index (χ4n) is 2.26. The van der Waals surface area contributed by atoms with Gasteiger partial charge in [-0.05, 0) is 35.7 Å². The molecule has 0 amide bonds. The minimum atomic E-state index is -1.73. The summed E-state index contributed by atoms with van der Waals surface area (Å²) in [7, 11) is -1.73. The highest BCUT2D eigenvalue weighted by Gasteiger charge is 2.42. The Labute approximate surface area is 112 Å². The van der Waals surface area contributed by atoms with Gasteiger partial charge in [0.2, 0.25) is 0 Å². The van der Waals surface area contributed by atoms with E-state index < -0.39 is 8.32 Å². The molecule has 0 unspecified atom stereocenters. The minimum absolute atomic E-state index is 0.0373. The molecule has 1 aliphatic rings. The van der Waals surface area contributed by atoms with E-state index in [0.717, 1.165) is 6.42 Å². The van der Waals surface area contributed by atoms with E-state index in [-0.39, 0.29) is 17.2 Å². The summed E-state index contributed by atoms with van der Waals surface area (Å²) in [6, 6.07) is 8.49. The van der Waals surface area contributed by atoms with Crippen LogP contribution in [0, 0.1) is 0 Å². The Morgan fingerprint density at radius 2 is 1.83 bits per heavy atom. The fourth-order valence-corrected chi connectivity index (χ4v) is 3.60. The minimum Gasteiger partial charge on any atom is -0.412 e. The maximum Gasteiger partial charge on any atom is 0.192 e. The van der Waals surface area contributed by atoms with E-state index in [2.05, 4.69) is 58.1 Å². The summed E-state index contributed by atoms with van der Waals surface area (Å²) in [5.74, 6) is 0. The highest BCUT2D eigenvalue weighted by Crippen LogP contribution is 2.41. The molecular weight excluding hydrogens is 238 g/mol. The van der Waals surface area contributed by atoms with Gasteiger partial charge in [0.15, 0.2) is 8.32 Å². The zero-order chi connectivity index (χ0) is 13.6. The van der Waals surface area contributed by atoms with Crippen molar-refractivity contribution < 1.29 is 4.43 Å². The lowest BCUT2D eigenvalue weighted by atomic mass is 10.1. The van der Waals surface area contributed by atoms with E-state index in [1.807, 2.05) is 0 Å². The van der Waals surface area contributed by atoms with Crippen molar-refractivity contribution in [1.82, 2.24) is 0 Å². The average Bonchev–Trinajstić information content (AvgIpc) is 2.54. The second-order valence-electron chi connectivity index (χ2n) is 6.85. The number of hydrogen-bond acceptors (Lipinski definition) is 2. The van der Waals surface area contributed by atoms with Gasteiger partial charge in [-0.2, -0.15) is 0 Å². The second kappa shape index (κ2) is 4.48. The largest absolute Gasteiger partial charge is 0.412 e. The molecule has 2 nitrogen and oxygen atoms in total. The molecular formula is C15H25NOSi. The van der Waals surface area contributed by atoms with E-state index in [4.69, 9.17) is 10.2 Å². The Balaban J connectivity index is 2.16. The third kappa shape index (κ3) is 2.39. The second-order valence-corrected chi connectivity index (χ2v) is 11.6. The van der Waals surface area contributed by atoms with Crippen LogP contribution >= 0.6 is 0 Å². The number of hydrogen-bond donors (Lipinski definition) is 1. The molecule has 0 heterocycles. The standard InChI is InChI=1S/C15H25NOSi/c1-15(2,3)18(4,5)17-13-10-11-8-6-7-9-12(11)14(13)16/h6-9,13-14H,10,16H2,1-5H3/t13-,14+/m1/s1. The molecule has 1 aromatic rings. The van der Waals surface area contributed by atoms with Crippen molar-refractivity contribution in [3.63, 3.8) is 0 Å². The Bertz CT molecular complexity index is 436. The van der Waals surface area contributed by atoms with Crippen LogP contribution in [-0.4, -0.2) is 14.4 Å². The zero-order valence-corrected chi connectivity index (χ0v) is 13.2. The summed E-state index contributed by atoms with van der Waals surface area (Å²) < 4.78 is 6.47. The summed E-state index contributed by atoms with van der Waals surface area (Å²) in [5, 5.41) is 0.238. The Kier molecular flexibility index (Phi) is 3.43. The monoisotopic (exact) mass is 263 g/mol. The first-order valence-electron chi connectivity index (χ1n) is 6.73. The van der Waals surface area contributed by atoms with Crippen LogP contribution in [0.1, 0.15) is 37.9 Å². The van der Waals surface area contributed by atoms with Crippen molar-refractivity contribution in [2.75, 3.05) is 0 Å². The Morgan fingerprint density at radius 3 is 2.39 bits per heavy atom. The molecule has 0 aromatic heterocycles.